The highest BCUT2D eigenvalue weighted by Crippen LogP contribution is 2.15. The van der Waals surface area contributed by atoms with Gasteiger partial charge in [-0.25, -0.2) is 0 Å². The SMILES string of the molecule is COC(OC)Oc1ccc(C(=O)/C=C/c2cccc(C)c2)cc1. The molecule has 0 radical (unpaired) electrons. The number of carbonyl (C=O) groups excluding carboxylic acids is 1. The molecule has 0 atom stereocenters. The number of hydrogen-bond acceptors (Lipinski definition) is 4. The fourth-order valence-corrected chi connectivity index (χ4v) is 2.04. The minimum atomic E-state index is -0.766. The Morgan fingerprint density at radius 1 is 1.04 bits per heavy atom. The molecule has 23 heavy (non-hydrogen) atoms. The molecule has 0 bridgehead atoms. The van der Waals surface area contributed by atoms with Crippen molar-refractivity contribution < 1.29 is 19.0 Å². The highest BCUT2D eigenvalue weighted by molar-refractivity contribution is 6.06. The molecule has 0 saturated carbocycles. The Morgan fingerprint density at radius 2 is 1.74 bits per heavy atom. The Hall–Kier alpha value is -2.43. The zero-order chi connectivity index (χ0) is 16.7. The van der Waals surface area contributed by atoms with Crippen molar-refractivity contribution in [2.75, 3.05) is 14.2 Å². The number of benzene rings is 2. The second-order valence-corrected chi connectivity index (χ2v) is 5.01. The largest absolute Gasteiger partial charge is 0.441 e. The summed E-state index contributed by atoms with van der Waals surface area (Å²) >= 11 is 0. The van der Waals surface area contributed by atoms with Crippen LogP contribution in [0.4, 0.5) is 0 Å². The number of aryl methyl sites for hydroxylation is 1. The van der Waals surface area contributed by atoms with E-state index in [4.69, 9.17) is 14.2 Å². The number of ketones is 1. The van der Waals surface area contributed by atoms with Crippen molar-refractivity contribution in [3.63, 3.8) is 0 Å². The molecule has 120 valence electrons. The highest BCUT2D eigenvalue weighted by atomic mass is 16.8. The maximum Gasteiger partial charge on any atom is 0.315 e. The molecule has 4 heteroatoms. The van der Waals surface area contributed by atoms with Crippen LogP contribution in [0.1, 0.15) is 21.5 Å². The number of allylic oxidation sites excluding steroid dienone is 1. The Morgan fingerprint density at radius 3 is 2.35 bits per heavy atom. The molecule has 0 heterocycles. The van der Waals surface area contributed by atoms with E-state index >= 15 is 0 Å². The topological polar surface area (TPSA) is 44.8 Å². The Bertz CT molecular complexity index is 670. The lowest BCUT2D eigenvalue weighted by Crippen LogP contribution is -2.20. The number of methoxy groups -OCH3 is 2. The van der Waals surface area contributed by atoms with Crippen molar-refractivity contribution in [3.8, 4) is 5.75 Å². The molecule has 0 N–H and O–H groups in total. The van der Waals surface area contributed by atoms with Crippen LogP contribution in [0.15, 0.2) is 54.6 Å². The Kier molecular flexibility index (Phi) is 6.09. The molecule has 2 aromatic rings. The molecule has 0 aliphatic carbocycles. The van der Waals surface area contributed by atoms with E-state index in [-0.39, 0.29) is 5.78 Å². The fraction of sp³-hybridized carbons (Fsp3) is 0.211. The third-order valence-corrected chi connectivity index (χ3v) is 3.23. The molecule has 0 amide bonds. The van der Waals surface area contributed by atoms with E-state index in [9.17, 15) is 4.79 Å². The molecule has 0 fully saturated rings. The molecule has 0 aliphatic heterocycles. The summed E-state index contributed by atoms with van der Waals surface area (Å²) in [5, 5.41) is 0. The van der Waals surface area contributed by atoms with Crippen molar-refractivity contribution in [2.45, 2.75) is 13.4 Å². The molecule has 0 unspecified atom stereocenters. The summed E-state index contributed by atoms with van der Waals surface area (Å²) < 4.78 is 15.3. The first-order valence-electron chi connectivity index (χ1n) is 7.24. The van der Waals surface area contributed by atoms with Crippen molar-refractivity contribution >= 4 is 11.9 Å². The predicted octanol–water partition coefficient (Wildman–Crippen LogP) is 3.85. The predicted molar refractivity (Wildman–Crippen MR) is 89.4 cm³/mol. The number of ether oxygens (including phenoxy) is 3. The van der Waals surface area contributed by atoms with Gasteiger partial charge in [0, 0.05) is 19.8 Å². The monoisotopic (exact) mass is 312 g/mol. The van der Waals surface area contributed by atoms with Gasteiger partial charge in [-0.2, -0.15) is 0 Å². The summed E-state index contributed by atoms with van der Waals surface area (Å²) in [6.07, 6.45) is 3.38. The molecule has 0 saturated heterocycles. The quantitative estimate of drug-likeness (QED) is 0.442. The van der Waals surface area contributed by atoms with Gasteiger partial charge in [-0.1, -0.05) is 35.9 Å². The van der Waals surface area contributed by atoms with Gasteiger partial charge in [0.2, 0.25) is 0 Å². The van der Waals surface area contributed by atoms with Crippen molar-refractivity contribution in [1.82, 2.24) is 0 Å². The van der Waals surface area contributed by atoms with Crippen LogP contribution in [0.25, 0.3) is 6.08 Å². The third-order valence-electron chi connectivity index (χ3n) is 3.23. The second kappa shape index (κ2) is 8.27. The smallest absolute Gasteiger partial charge is 0.315 e. The van der Waals surface area contributed by atoms with Crippen LogP contribution in [-0.4, -0.2) is 26.5 Å². The number of hydrogen-bond donors (Lipinski definition) is 0. The molecular weight excluding hydrogens is 292 g/mol. The van der Waals surface area contributed by atoms with E-state index in [1.165, 1.54) is 14.2 Å². The van der Waals surface area contributed by atoms with Crippen LogP contribution in [0.3, 0.4) is 0 Å². The lowest BCUT2D eigenvalue weighted by atomic mass is 10.1. The first kappa shape index (κ1) is 16.9. The maximum atomic E-state index is 12.2. The van der Waals surface area contributed by atoms with Crippen LogP contribution in [0, 0.1) is 6.92 Å². The van der Waals surface area contributed by atoms with Crippen LogP contribution >= 0.6 is 0 Å². The van der Waals surface area contributed by atoms with Crippen LogP contribution in [-0.2, 0) is 9.47 Å². The molecule has 2 aromatic carbocycles. The van der Waals surface area contributed by atoms with Gasteiger partial charge in [0.15, 0.2) is 5.78 Å². The van der Waals surface area contributed by atoms with Gasteiger partial charge >= 0.3 is 6.48 Å². The standard InChI is InChI=1S/C19H20O4/c1-14-5-4-6-15(13-14)7-12-18(20)16-8-10-17(11-9-16)23-19(21-2)22-3/h4-13,19H,1-3H3/b12-7+. The van der Waals surface area contributed by atoms with Crippen molar-refractivity contribution in [2.24, 2.45) is 0 Å². The maximum absolute atomic E-state index is 12.2. The van der Waals surface area contributed by atoms with E-state index in [1.807, 2.05) is 37.3 Å². The number of carbonyl (C=O) groups is 1. The van der Waals surface area contributed by atoms with E-state index in [1.54, 1.807) is 30.3 Å². The van der Waals surface area contributed by atoms with Crippen LogP contribution < -0.4 is 4.74 Å². The summed E-state index contributed by atoms with van der Waals surface area (Å²) in [5.41, 5.74) is 2.75. The average molecular weight is 312 g/mol. The summed E-state index contributed by atoms with van der Waals surface area (Å²) in [5.74, 6) is 0.506. The van der Waals surface area contributed by atoms with E-state index in [2.05, 4.69) is 0 Å². The molecule has 0 aliphatic rings. The van der Waals surface area contributed by atoms with Gasteiger partial charge in [0.25, 0.3) is 0 Å². The van der Waals surface area contributed by atoms with Crippen molar-refractivity contribution in [1.29, 1.82) is 0 Å². The number of rotatable bonds is 7. The fourth-order valence-electron chi connectivity index (χ4n) is 2.04. The molecule has 2 rings (SSSR count). The minimum Gasteiger partial charge on any atom is -0.441 e. The van der Waals surface area contributed by atoms with E-state index in [0.29, 0.717) is 11.3 Å². The first-order chi connectivity index (χ1) is 11.1. The van der Waals surface area contributed by atoms with Gasteiger partial charge in [0.1, 0.15) is 5.75 Å². The van der Waals surface area contributed by atoms with Crippen LogP contribution in [0.5, 0.6) is 5.75 Å². The molecule has 4 nitrogen and oxygen atoms in total. The lowest BCUT2D eigenvalue weighted by Gasteiger charge is -2.15. The lowest BCUT2D eigenvalue weighted by molar-refractivity contribution is -0.219. The summed E-state index contributed by atoms with van der Waals surface area (Å²) in [4.78, 5) is 12.2. The summed E-state index contributed by atoms with van der Waals surface area (Å²) in [7, 11) is 2.98. The third kappa shape index (κ3) is 5.06. The molecular formula is C19H20O4. The zero-order valence-electron chi connectivity index (χ0n) is 13.5. The van der Waals surface area contributed by atoms with Crippen molar-refractivity contribution in [3.05, 3.63) is 71.3 Å². The zero-order valence-corrected chi connectivity index (χ0v) is 13.5. The van der Waals surface area contributed by atoms with Gasteiger partial charge < -0.3 is 14.2 Å². The minimum absolute atomic E-state index is 0.0620. The summed E-state index contributed by atoms with van der Waals surface area (Å²) in [6.45, 7) is 1.25. The highest BCUT2D eigenvalue weighted by Gasteiger charge is 2.07. The van der Waals surface area contributed by atoms with Crippen LogP contribution in [0.2, 0.25) is 0 Å². The van der Waals surface area contributed by atoms with E-state index < -0.39 is 6.48 Å². The molecule has 0 spiro atoms. The van der Waals surface area contributed by atoms with Gasteiger partial charge in [-0.15, -0.1) is 0 Å². The van der Waals surface area contributed by atoms with E-state index in [0.717, 1.165) is 11.1 Å². The van der Waals surface area contributed by atoms with Gasteiger partial charge in [-0.3, -0.25) is 4.79 Å². The Labute approximate surface area is 136 Å². The molecule has 0 aromatic heterocycles. The normalized spacial score (nSPS) is 11.1. The second-order valence-electron chi connectivity index (χ2n) is 5.01. The average Bonchev–Trinajstić information content (AvgIpc) is 2.58. The van der Waals surface area contributed by atoms with Gasteiger partial charge in [0.05, 0.1) is 0 Å². The Balaban J connectivity index is 2.02. The first-order valence-corrected chi connectivity index (χ1v) is 7.24. The van der Waals surface area contributed by atoms with Gasteiger partial charge in [-0.05, 0) is 42.8 Å². The summed E-state index contributed by atoms with van der Waals surface area (Å²) in [6, 6.07) is 14.8.